The molecule has 0 bridgehead atoms. The zero-order chi connectivity index (χ0) is 15.5. The molecule has 0 aromatic carbocycles. The number of amides is 1. The molecule has 1 unspecified atom stereocenters. The minimum atomic E-state index is -1.04. The van der Waals surface area contributed by atoms with Crippen molar-refractivity contribution in [1.29, 1.82) is 0 Å². The molecule has 6 heteroatoms. The lowest BCUT2D eigenvalue weighted by Gasteiger charge is -2.34. The first-order valence-electron chi connectivity index (χ1n) is 7.24. The number of carboxylic acid groups (broad SMARTS) is 1. The van der Waals surface area contributed by atoms with Crippen LogP contribution in [0.15, 0.2) is 18.3 Å². The summed E-state index contributed by atoms with van der Waals surface area (Å²) in [6.07, 6.45) is 4.09. The first-order chi connectivity index (χ1) is 9.99. The molecule has 2 rings (SSSR count). The summed E-state index contributed by atoms with van der Waals surface area (Å²) < 4.78 is 0. The van der Waals surface area contributed by atoms with Gasteiger partial charge in [-0.15, -0.1) is 0 Å². The Labute approximate surface area is 124 Å². The Morgan fingerprint density at radius 1 is 1.48 bits per heavy atom. The number of nitrogens with two attached hydrogens (primary N) is 1. The molecular weight excluding hydrogens is 270 g/mol. The number of anilines is 1. The third-order valence-electron chi connectivity index (χ3n) is 4.03. The summed E-state index contributed by atoms with van der Waals surface area (Å²) in [6.45, 7) is 2.44. The van der Waals surface area contributed by atoms with Crippen LogP contribution in [0.2, 0.25) is 0 Å². The third-order valence-corrected chi connectivity index (χ3v) is 4.03. The maximum atomic E-state index is 12.5. The summed E-state index contributed by atoms with van der Waals surface area (Å²) in [5, 5.41) is 9.59. The fraction of sp³-hybridized carbons (Fsp3) is 0.533. The monoisotopic (exact) mass is 291 g/mol. The second kappa shape index (κ2) is 6.11. The van der Waals surface area contributed by atoms with E-state index in [2.05, 4.69) is 4.98 Å². The number of carbonyl (C=O) groups excluding carboxylic acids is 1. The van der Waals surface area contributed by atoms with Gasteiger partial charge in [0.2, 0.25) is 5.91 Å². The zero-order valence-corrected chi connectivity index (χ0v) is 12.2. The van der Waals surface area contributed by atoms with Crippen molar-refractivity contribution >= 4 is 17.6 Å². The normalized spacial score (nSPS) is 21.5. The molecule has 1 aliphatic heterocycles. The number of aliphatic carboxylic acids is 1. The second-order valence-corrected chi connectivity index (χ2v) is 5.50. The number of hydrogen-bond acceptors (Lipinski definition) is 4. The van der Waals surface area contributed by atoms with Gasteiger partial charge < -0.3 is 15.7 Å². The van der Waals surface area contributed by atoms with Gasteiger partial charge in [0.05, 0.1) is 18.3 Å². The average molecular weight is 291 g/mol. The summed E-state index contributed by atoms with van der Waals surface area (Å²) in [4.78, 5) is 29.8. The van der Waals surface area contributed by atoms with E-state index in [9.17, 15) is 14.7 Å². The molecule has 1 aromatic rings. The van der Waals surface area contributed by atoms with E-state index in [1.807, 2.05) is 6.92 Å². The summed E-state index contributed by atoms with van der Waals surface area (Å²) in [6, 6.07) is 3.39. The van der Waals surface area contributed by atoms with Crippen molar-refractivity contribution in [2.45, 2.75) is 44.6 Å². The Kier molecular flexibility index (Phi) is 4.45. The van der Waals surface area contributed by atoms with Crippen LogP contribution in [0.5, 0.6) is 0 Å². The first-order valence-corrected chi connectivity index (χ1v) is 7.24. The highest BCUT2D eigenvalue weighted by atomic mass is 16.4. The van der Waals surface area contributed by atoms with Crippen LogP contribution in [0.4, 0.5) is 5.69 Å². The van der Waals surface area contributed by atoms with Gasteiger partial charge >= 0.3 is 5.97 Å². The molecule has 0 radical (unpaired) electrons. The molecule has 0 spiro atoms. The van der Waals surface area contributed by atoms with Gasteiger partial charge in [0.1, 0.15) is 5.54 Å². The first kappa shape index (κ1) is 15.3. The number of hydrogen-bond donors (Lipinski definition) is 2. The van der Waals surface area contributed by atoms with Crippen molar-refractivity contribution in [1.82, 2.24) is 9.88 Å². The molecule has 0 aliphatic carbocycles. The fourth-order valence-electron chi connectivity index (χ4n) is 3.04. The van der Waals surface area contributed by atoms with E-state index in [-0.39, 0.29) is 12.3 Å². The van der Waals surface area contributed by atoms with Gasteiger partial charge in [-0.25, -0.2) is 4.79 Å². The molecule has 1 amide bonds. The number of carboxylic acids is 1. The van der Waals surface area contributed by atoms with Gasteiger partial charge in [-0.1, -0.05) is 13.3 Å². The van der Waals surface area contributed by atoms with Crippen LogP contribution >= 0.6 is 0 Å². The van der Waals surface area contributed by atoms with Gasteiger partial charge in [0, 0.05) is 12.2 Å². The molecule has 114 valence electrons. The predicted octanol–water partition coefficient (Wildman–Crippen LogP) is 1.45. The van der Waals surface area contributed by atoms with Crippen LogP contribution in [0.1, 0.15) is 38.3 Å². The summed E-state index contributed by atoms with van der Waals surface area (Å²) in [5.41, 5.74) is 5.67. The van der Waals surface area contributed by atoms with Gasteiger partial charge in [0.15, 0.2) is 0 Å². The van der Waals surface area contributed by atoms with Crippen molar-refractivity contribution in [3.8, 4) is 0 Å². The highest BCUT2D eigenvalue weighted by Gasteiger charge is 2.48. The average Bonchev–Trinajstić information content (AvgIpc) is 2.87. The quantitative estimate of drug-likeness (QED) is 0.856. The molecular formula is C15H21N3O3. The highest BCUT2D eigenvalue weighted by Crippen LogP contribution is 2.34. The van der Waals surface area contributed by atoms with Crippen LogP contribution in [0.25, 0.3) is 0 Å². The summed E-state index contributed by atoms with van der Waals surface area (Å²) in [5.74, 6) is -1.08. The summed E-state index contributed by atoms with van der Waals surface area (Å²) >= 11 is 0. The Bertz CT molecular complexity index is 529. The van der Waals surface area contributed by atoms with Gasteiger partial charge in [-0.2, -0.15) is 0 Å². The van der Waals surface area contributed by atoms with Crippen LogP contribution in [0.3, 0.4) is 0 Å². The standard InChI is InChI=1S/C15H21N3O3/c1-2-6-15(14(20)21)7-3-8-18(15)13(19)9-12-5-4-11(16)10-17-12/h4-5,10H,2-3,6-9,16H2,1H3,(H,20,21). The lowest BCUT2D eigenvalue weighted by molar-refractivity contribution is -0.157. The Hall–Kier alpha value is -2.11. The van der Waals surface area contributed by atoms with E-state index in [4.69, 9.17) is 5.73 Å². The SMILES string of the molecule is CCCC1(C(=O)O)CCCN1C(=O)Cc1ccc(N)cn1. The van der Waals surface area contributed by atoms with Crippen LogP contribution in [0, 0.1) is 0 Å². The number of rotatable bonds is 5. The topological polar surface area (TPSA) is 96.5 Å². The van der Waals surface area contributed by atoms with Crippen LogP contribution in [-0.2, 0) is 16.0 Å². The number of nitrogen functional groups attached to an aromatic ring is 1. The lowest BCUT2D eigenvalue weighted by Crippen LogP contribution is -2.53. The van der Waals surface area contributed by atoms with E-state index in [0.29, 0.717) is 30.8 Å². The van der Waals surface area contributed by atoms with E-state index in [0.717, 1.165) is 12.8 Å². The number of likely N-dealkylation sites (tertiary alicyclic amines) is 1. The van der Waals surface area contributed by atoms with Crippen molar-refractivity contribution in [2.24, 2.45) is 0 Å². The Morgan fingerprint density at radius 3 is 2.81 bits per heavy atom. The maximum Gasteiger partial charge on any atom is 0.329 e. The number of aromatic nitrogens is 1. The minimum Gasteiger partial charge on any atom is -0.479 e. The zero-order valence-electron chi connectivity index (χ0n) is 12.2. The number of pyridine rings is 1. The molecule has 2 heterocycles. The van der Waals surface area contributed by atoms with Gasteiger partial charge in [-0.05, 0) is 31.4 Å². The molecule has 1 fully saturated rings. The maximum absolute atomic E-state index is 12.5. The molecule has 1 aliphatic rings. The van der Waals surface area contributed by atoms with Crippen LogP contribution < -0.4 is 5.73 Å². The fourth-order valence-corrected chi connectivity index (χ4v) is 3.04. The predicted molar refractivity (Wildman–Crippen MR) is 78.6 cm³/mol. The number of nitrogens with zero attached hydrogens (tertiary/aromatic N) is 2. The summed E-state index contributed by atoms with van der Waals surface area (Å²) in [7, 11) is 0. The molecule has 21 heavy (non-hydrogen) atoms. The molecule has 6 nitrogen and oxygen atoms in total. The Morgan fingerprint density at radius 2 is 2.24 bits per heavy atom. The van der Waals surface area contributed by atoms with Gasteiger partial charge in [0.25, 0.3) is 0 Å². The van der Waals surface area contributed by atoms with Crippen LogP contribution in [-0.4, -0.2) is 39.0 Å². The molecule has 1 atom stereocenters. The molecule has 3 N–H and O–H groups in total. The van der Waals surface area contributed by atoms with E-state index < -0.39 is 11.5 Å². The van der Waals surface area contributed by atoms with Crippen molar-refractivity contribution in [3.63, 3.8) is 0 Å². The third kappa shape index (κ3) is 2.99. The van der Waals surface area contributed by atoms with Crippen molar-refractivity contribution in [2.75, 3.05) is 12.3 Å². The molecule has 1 saturated heterocycles. The van der Waals surface area contributed by atoms with E-state index in [1.165, 1.54) is 11.1 Å². The number of carbonyl (C=O) groups is 2. The second-order valence-electron chi connectivity index (χ2n) is 5.50. The van der Waals surface area contributed by atoms with Crippen molar-refractivity contribution in [3.05, 3.63) is 24.0 Å². The minimum absolute atomic E-state index is 0.110. The van der Waals surface area contributed by atoms with E-state index >= 15 is 0 Å². The lowest BCUT2D eigenvalue weighted by atomic mass is 9.90. The van der Waals surface area contributed by atoms with Gasteiger partial charge in [-0.3, -0.25) is 9.78 Å². The molecule has 1 aromatic heterocycles. The Balaban J connectivity index is 2.16. The smallest absolute Gasteiger partial charge is 0.329 e. The molecule has 0 saturated carbocycles. The largest absolute Gasteiger partial charge is 0.479 e. The van der Waals surface area contributed by atoms with Crippen molar-refractivity contribution < 1.29 is 14.7 Å². The highest BCUT2D eigenvalue weighted by molar-refractivity contribution is 5.88. The van der Waals surface area contributed by atoms with E-state index in [1.54, 1.807) is 12.1 Å².